The molecular weight excluding hydrogens is 336 g/mol. The highest BCUT2D eigenvalue weighted by molar-refractivity contribution is 6.07. The fourth-order valence-corrected chi connectivity index (χ4v) is 3.23. The lowest BCUT2D eigenvalue weighted by Crippen LogP contribution is -2.14. The normalized spacial score (nSPS) is 11.5. The molecule has 4 rings (SSSR count). The fraction of sp³-hybridized carbons (Fsp3) is 0.286. The zero-order valence-corrected chi connectivity index (χ0v) is 15.7. The molecule has 4 aromatic heterocycles. The number of anilines is 1. The molecule has 2 N–H and O–H groups in total. The summed E-state index contributed by atoms with van der Waals surface area (Å²) in [5.41, 5.74) is 4.85. The van der Waals surface area contributed by atoms with Crippen LogP contribution in [0.4, 0.5) is 5.69 Å². The lowest BCUT2D eigenvalue weighted by Gasteiger charge is -2.10. The third-order valence-corrected chi connectivity index (χ3v) is 4.65. The Morgan fingerprint density at radius 1 is 1.04 bits per heavy atom. The molecule has 6 heteroatoms. The van der Waals surface area contributed by atoms with E-state index in [0.29, 0.717) is 0 Å². The van der Waals surface area contributed by atoms with E-state index in [9.17, 15) is 0 Å². The molecule has 0 saturated carbocycles. The van der Waals surface area contributed by atoms with Gasteiger partial charge in [0.15, 0.2) is 0 Å². The molecule has 0 saturated heterocycles. The van der Waals surface area contributed by atoms with E-state index >= 15 is 0 Å². The summed E-state index contributed by atoms with van der Waals surface area (Å²) in [5, 5.41) is 5.73. The third-order valence-electron chi connectivity index (χ3n) is 4.65. The number of rotatable bonds is 7. The summed E-state index contributed by atoms with van der Waals surface area (Å²) in [6.07, 6.45) is 9.69. The first-order valence-corrected chi connectivity index (χ1v) is 9.27. The van der Waals surface area contributed by atoms with Gasteiger partial charge >= 0.3 is 0 Å². The van der Waals surface area contributed by atoms with Gasteiger partial charge in [-0.3, -0.25) is 9.97 Å². The summed E-state index contributed by atoms with van der Waals surface area (Å²) in [6, 6.07) is 8.22. The molecule has 0 bridgehead atoms. The standard InChI is InChI=1S/C21H24N6/c1-27(2)9-4-3-8-23-16-10-18-17-11-19(15-6-5-7-22-12-15)24-14-20(17)26-21(18)25-13-16/h5-7,10-14,23H,3-4,8-9H2,1-2H3,(H,25,26). The highest BCUT2D eigenvalue weighted by Crippen LogP contribution is 2.28. The largest absolute Gasteiger partial charge is 0.384 e. The van der Waals surface area contributed by atoms with Crippen molar-refractivity contribution in [2.45, 2.75) is 12.8 Å². The van der Waals surface area contributed by atoms with Crippen LogP contribution in [0.15, 0.2) is 49.1 Å². The van der Waals surface area contributed by atoms with Gasteiger partial charge in [-0.25, -0.2) is 4.98 Å². The Morgan fingerprint density at radius 3 is 2.78 bits per heavy atom. The number of aromatic amines is 1. The molecule has 6 nitrogen and oxygen atoms in total. The Kier molecular flexibility index (Phi) is 4.98. The van der Waals surface area contributed by atoms with Gasteiger partial charge in [-0.15, -0.1) is 0 Å². The second-order valence-electron chi connectivity index (χ2n) is 7.04. The first kappa shape index (κ1) is 17.4. The highest BCUT2D eigenvalue weighted by atomic mass is 15.0. The van der Waals surface area contributed by atoms with Gasteiger partial charge < -0.3 is 15.2 Å². The van der Waals surface area contributed by atoms with Gasteiger partial charge in [0.05, 0.1) is 29.3 Å². The lowest BCUT2D eigenvalue weighted by atomic mass is 10.1. The molecule has 0 aliphatic heterocycles. The van der Waals surface area contributed by atoms with Gasteiger partial charge in [0, 0.05) is 35.3 Å². The quantitative estimate of drug-likeness (QED) is 0.489. The Morgan fingerprint density at radius 2 is 1.96 bits per heavy atom. The van der Waals surface area contributed by atoms with Gasteiger partial charge in [-0.05, 0) is 57.7 Å². The molecule has 27 heavy (non-hydrogen) atoms. The van der Waals surface area contributed by atoms with E-state index < -0.39 is 0 Å². The zero-order chi connectivity index (χ0) is 18.6. The van der Waals surface area contributed by atoms with Crippen molar-refractivity contribution >= 4 is 27.6 Å². The maximum Gasteiger partial charge on any atom is 0.138 e. The highest BCUT2D eigenvalue weighted by Gasteiger charge is 2.09. The number of nitrogens with one attached hydrogen (secondary N) is 2. The van der Waals surface area contributed by atoms with Crippen LogP contribution in [0.2, 0.25) is 0 Å². The number of hydrogen-bond donors (Lipinski definition) is 2. The minimum Gasteiger partial charge on any atom is -0.384 e. The van der Waals surface area contributed by atoms with Crippen molar-refractivity contribution in [3.63, 3.8) is 0 Å². The second-order valence-corrected chi connectivity index (χ2v) is 7.04. The third kappa shape index (κ3) is 3.90. The number of fused-ring (bicyclic) bond motifs is 3. The average molecular weight is 360 g/mol. The first-order chi connectivity index (χ1) is 13.2. The number of H-pyrrole nitrogens is 1. The molecule has 0 amide bonds. The minimum atomic E-state index is 0.883. The van der Waals surface area contributed by atoms with Crippen molar-refractivity contribution in [3.05, 3.63) is 49.1 Å². The van der Waals surface area contributed by atoms with E-state index in [1.165, 1.54) is 6.42 Å². The molecule has 0 fully saturated rings. The molecule has 0 aliphatic rings. The molecule has 0 atom stereocenters. The second kappa shape index (κ2) is 7.72. The number of unbranched alkanes of at least 4 members (excludes halogenated alkanes) is 1. The van der Waals surface area contributed by atoms with Crippen molar-refractivity contribution in [1.29, 1.82) is 0 Å². The van der Waals surface area contributed by atoms with Crippen LogP contribution < -0.4 is 5.32 Å². The van der Waals surface area contributed by atoms with Crippen molar-refractivity contribution < 1.29 is 0 Å². The van der Waals surface area contributed by atoms with Crippen LogP contribution in [0.25, 0.3) is 33.2 Å². The Hall–Kier alpha value is -2.99. The molecule has 0 spiro atoms. The van der Waals surface area contributed by atoms with Crippen molar-refractivity contribution in [3.8, 4) is 11.3 Å². The van der Waals surface area contributed by atoms with Crippen LogP contribution in [0.3, 0.4) is 0 Å². The molecule has 0 unspecified atom stereocenters. The van der Waals surface area contributed by atoms with Crippen LogP contribution in [0, 0.1) is 0 Å². The molecular formula is C21H24N6. The predicted octanol–water partition coefficient (Wildman–Crippen LogP) is 3.93. The zero-order valence-electron chi connectivity index (χ0n) is 15.7. The van der Waals surface area contributed by atoms with Gasteiger partial charge in [0.2, 0.25) is 0 Å². The first-order valence-electron chi connectivity index (χ1n) is 9.27. The molecule has 0 aliphatic carbocycles. The van der Waals surface area contributed by atoms with E-state index in [4.69, 9.17) is 0 Å². The van der Waals surface area contributed by atoms with E-state index in [1.54, 1.807) is 6.20 Å². The Labute approximate surface area is 158 Å². The van der Waals surface area contributed by atoms with Crippen molar-refractivity contribution in [2.75, 3.05) is 32.5 Å². The van der Waals surface area contributed by atoms with Gasteiger partial charge in [-0.2, -0.15) is 0 Å². The summed E-state index contributed by atoms with van der Waals surface area (Å²) in [6.45, 7) is 2.07. The maximum atomic E-state index is 4.58. The number of hydrogen-bond acceptors (Lipinski definition) is 5. The molecule has 0 aromatic carbocycles. The molecule has 4 aromatic rings. The average Bonchev–Trinajstić information content (AvgIpc) is 3.05. The summed E-state index contributed by atoms with van der Waals surface area (Å²) in [4.78, 5) is 18.9. The van der Waals surface area contributed by atoms with Crippen LogP contribution in [-0.2, 0) is 0 Å². The van der Waals surface area contributed by atoms with Crippen LogP contribution in [0.5, 0.6) is 0 Å². The van der Waals surface area contributed by atoms with Gasteiger partial charge in [0.25, 0.3) is 0 Å². The van der Waals surface area contributed by atoms with Crippen LogP contribution in [0.1, 0.15) is 12.8 Å². The van der Waals surface area contributed by atoms with E-state index in [-0.39, 0.29) is 0 Å². The summed E-state index contributed by atoms with van der Waals surface area (Å²) in [5.74, 6) is 0. The number of aromatic nitrogens is 4. The van der Waals surface area contributed by atoms with E-state index in [2.05, 4.69) is 56.4 Å². The van der Waals surface area contributed by atoms with Crippen molar-refractivity contribution in [2.24, 2.45) is 0 Å². The van der Waals surface area contributed by atoms with Gasteiger partial charge in [-0.1, -0.05) is 0 Å². The Bertz CT molecular complexity index is 1040. The van der Waals surface area contributed by atoms with Crippen LogP contribution >= 0.6 is 0 Å². The number of pyridine rings is 3. The minimum absolute atomic E-state index is 0.883. The summed E-state index contributed by atoms with van der Waals surface area (Å²) in [7, 11) is 4.22. The lowest BCUT2D eigenvalue weighted by molar-refractivity contribution is 0.396. The maximum absolute atomic E-state index is 4.58. The number of nitrogens with zero attached hydrogens (tertiary/aromatic N) is 4. The topological polar surface area (TPSA) is 69.7 Å². The monoisotopic (exact) mass is 360 g/mol. The fourth-order valence-electron chi connectivity index (χ4n) is 3.23. The van der Waals surface area contributed by atoms with E-state index in [0.717, 1.165) is 58.4 Å². The van der Waals surface area contributed by atoms with Crippen molar-refractivity contribution in [1.82, 2.24) is 24.8 Å². The summed E-state index contributed by atoms with van der Waals surface area (Å²) >= 11 is 0. The SMILES string of the molecule is CN(C)CCCCNc1cnc2[nH]c3cnc(-c4cccnc4)cc3c2c1. The predicted molar refractivity (Wildman–Crippen MR) is 111 cm³/mol. The Balaban J connectivity index is 1.59. The molecule has 4 heterocycles. The molecule has 0 radical (unpaired) electrons. The molecule has 138 valence electrons. The van der Waals surface area contributed by atoms with Gasteiger partial charge in [0.1, 0.15) is 5.65 Å². The van der Waals surface area contributed by atoms with E-state index in [1.807, 2.05) is 30.7 Å². The smallest absolute Gasteiger partial charge is 0.138 e. The van der Waals surface area contributed by atoms with Crippen LogP contribution in [-0.4, -0.2) is 52.0 Å². The summed E-state index contributed by atoms with van der Waals surface area (Å²) < 4.78 is 0.